The zero-order chi connectivity index (χ0) is 15.1. The van der Waals surface area contributed by atoms with E-state index in [2.05, 4.69) is 22.0 Å². The molecular formula is C17H14BrNO2. The zero-order valence-electron chi connectivity index (χ0n) is 11.8. The van der Waals surface area contributed by atoms with Crippen molar-refractivity contribution in [2.75, 3.05) is 4.90 Å². The van der Waals surface area contributed by atoms with E-state index < -0.39 is 11.7 Å². The fraction of sp³-hybridized carbons (Fsp3) is 0.176. The first-order valence-electron chi connectivity index (χ1n) is 6.69. The summed E-state index contributed by atoms with van der Waals surface area (Å²) in [4.78, 5) is 25.9. The quantitative estimate of drug-likeness (QED) is 0.778. The molecule has 0 radical (unpaired) electrons. The number of Topliss-reactive ketones (excluding diaryl/α,β-unsaturated/α-hetero) is 1. The molecule has 0 N–H and O–H groups in total. The van der Waals surface area contributed by atoms with Crippen LogP contribution in [0, 0.1) is 13.8 Å². The average Bonchev–Trinajstić information content (AvgIpc) is 2.66. The van der Waals surface area contributed by atoms with E-state index in [-0.39, 0.29) is 0 Å². The summed E-state index contributed by atoms with van der Waals surface area (Å²) in [6, 6.07) is 11.5. The van der Waals surface area contributed by atoms with Crippen molar-refractivity contribution in [3.63, 3.8) is 0 Å². The molecule has 0 saturated carbocycles. The van der Waals surface area contributed by atoms with Gasteiger partial charge < -0.3 is 4.90 Å². The lowest BCUT2D eigenvalue weighted by molar-refractivity contribution is -0.114. The number of aryl methyl sites for hydroxylation is 2. The van der Waals surface area contributed by atoms with Gasteiger partial charge in [0.1, 0.15) is 0 Å². The average molecular weight is 344 g/mol. The lowest BCUT2D eigenvalue weighted by atomic mass is 10.1. The van der Waals surface area contributed by atoms with E-state index in [9.17, 15) is 9.59 Å². The molecule has 2 aromatic rings. The zero-order valence-corrected chi connectivity index (χ0v) is 13.4. The molecule has 1 amide bonds. The van der Waals surface area contributed by atoms with Crippen molar-refractivity contribution in [2.45, 2.75) is 20.4 Å². The molecule has 0 atom stereocenters. The Morgan fingerprint density at radius 3 is 2.52 bits per heavy atom. The topological polar surface area (TPSA) is 37.4 Å². The van der Waals surface area contributed by atoms with Gasteiger partial charge in [-0.25, -0.2) is 0 Å². The summed E-state index contributed by atoms with van der Waals surface area (Å²) >= 11 is 3.34. The molecule has 0 fully saturated rings. The van der Waals surface area contributed by atoms with Gasteiger partial charge in [-0.2, -0.15) is 0 Å². The van der Waals surface area contributed by atoms with Crippen LogP contribution in [0.2, 0.25) is 0 Å². The van der Waals surface area contributed by atoms with E-state index in [4.69, 9.17) is 0 Å². The Morgan fingerprint density at radius 2 is 1.81 bits per heavy atom. The largest absolute Gasteiger partial charge is 0.300 e. The molecular weight excluding hydrogens is 330 g/mol. The number of carbonyl (C=O) groups is 2. The van der Waals surface area contributed by atoms with Crippen LogP contribution in [0.5, 0.6) is 0 Å². The minimum absolute atomic E-state index is 0.422. The number of carbonyl (C=O) groups excluding carboxylic acids is 2. The van der Waals surface area contributed by atoms with Crippen molar-refractivity contribution in [2.24, 2.45) is 0 Å². The number of halogens is 1. The Labute approximate surface area is 131 Å². The molecule has 3 rings (SSSR count). The number of ketones is 1. The Kier molecular flexibility index (Phi) is 3.41. The number of amides is 1. The second-order valence-corrected chi connectivity index (χ2v) is 6.23. The fourth-order valence-electron chi connectivity index (χ4n) is 2.62. The molecule has 106 valence electrons. The van der Waals surface area contributed by atoms with E-state index in [1.807, 2.05) is 38.1 Å². The summed E-state index contributed by atoms with van der Waals surface area (Å²) in [5, 5.41) is 0. The number of hydrogen-bond donors (Lipinski definition) is 0. The SMILES string of the molecule is Cc1ccc(CN2C(=O)C(=O)c3cc(Br)ccc32)c(C)c1. The van der Waals surface area contributed by atoms with Crippen molar-refractivity contribution in [3.8, 4) is 0 Å². The van der Waals surface area contributed by atoms with Gasteiger partial charge in [0, 0.05) is 4.47 Å². The van der Waals surface area contributed by atoms with Crippen LogP contribution in [0.3, 0.4) is 0 Å². The first-order valence-corrected chi connectivity index (χ1v) is 7.48. The number of nitrogens with zero attached hydrogens (tertiary/aromatic N) is 1. The molecule has 0 unspecified atom stereocenters. The monoisotopic (exact) mass is 343 g/mol. The van der Waals surface area contributed by atoms with Gasteiger partial charge in [-0.3, -0.25) is 9.59 Å². The molecule has 0 saturated heterocycles. The second-order valence-electron chi connectivity index (χ2n) is 5.31. The summed E-state index contributed by atoms with van der Waals surface area (Å²) in [5.74, 6) is -0.890. The van der Waals surface area contributed by atoms with Crippen molar-refractivity contribution < 1.29 is 9.59 Å². The maximum Gasteiger partial charge on any atom is 0.299 e. The van der Waals surface area contributed by atoms with Crippen molar-refractivity contribution in [1.29, 1.82) is 0 Å². The molecule has 0 bridgehead atoms. The van der Waals surface area contributed by atoms with Crippen molar-refractivity contribution >= 4 is 33.3 Å². The summed E-state index contributed by atoms with van der Waals surface area (Å²) in [7, 11) is 0. The molecule has 3 nitrogen and oxygen atoms in total. The van der Waals surface area contributed by atoms with Crippen LogP contribution in [0.1, 0.15) is 27.0 Å². The molecule has 21 heavy (non-hydrogen) atoms. The van der Waals surface area contributed by atoms with Crippen LogP contribution in [0.25, 0.3) is 0 Å². The first-order chi connectivity index (χ1) is 9.97. The van der Waals surface area contributed by atoms with E-state index in [1.54, 1.807) is 11.0 Å². The number of anilines is 1. The van der Waals surface area contributed by atoms with E-state index >= 15 is 0 Å². The minimum Gasteiger partial charge on any atom is -0.300 e. The maximum atomic E-state index is 12.2. The van der Waals surface area contributed by atoms with Crippen molar-refractivity contribution in [3.05, 3.63) is 63.1 Å². The Hall–Kier alpha value is -1.94. The number of rotatable bonds is 2. The lowest BCUT2D eigenvalue weighted by Gasteiger charge is -2.18. The Balaban J connectivity index is 2.00. The van der Waals surface area contributed by atoms with Gasteiger partial charge in [-0.15, -0.1) is 0 Å². The first kappa shape index (κ1) is 14.0. The summed E-state index contributed by atoms with van der Waals surface area (Å²) < 4.78 is 0.802. The van der Waals surface area contributed by atoms with Gasteiger partial charge in [0.2, 0.25) is 0 Å². The Bertz CT molecular complexity index is 767. The highest BCUT2D eigenvalue weighted by Crippen LogP contribution is 2.32. The molecule has 0 spiro atoms. The fourth-order valence-corrected chi connectivity index (χ4v) is 2.98. The highest BCUT2D eigenvalue weighted by Gasteiger charge is 2.35. The predicted molar refractivity (Wildman–Crippen MR) is 85.6 cm³/mol. The van der Waals surface area contributed by atoms with Crippen LogP contribution in [0.4, 0.5) is 5.69 Å². The molecule has 1 aliphatic rings. The van der Waals surface area contributed by atoms with Gasteiger partial charge in [0.15, 0.2) is 0 Å². The second kappa shape index (κ2) is 5.11. The van der Waals surface area contributed by atoms with E-state index in [0.717, 1.165) is 15.6 Å². The van der Waals surface area contributed by atoms with Crippen LogP contribution < -0.4 is 4.90 Å². The number of fused-ring (bicyclic) bond motifs is 1. The molecule has 4 heteroatoms. The smallest absolute Gasteiger partial charge is 0.299 e. The summed E-state index contributed by atoms with van der Waals surface area (Å²) in [5.41, 5.74) is 4.52. The van der Waals surface area contributed by atoms with E-state index in [1.165, 1.54) is 5.56 Å². The van der Waals surface area contributed by atoms with Gasteiger partial charge in [-0.05, 0) is 43.2 Å². The molecule has 0 aliphatic carbocycles. The summed E-state index contributed by atoms with van der Waals surface area (Å²) in [6.45, 7) is 4.48. The van der Waals surface area contributed by atoms with Gasteiger partial charge in [0.05, 0.1) is 17.8 Å². The van der Waals surface area contributed by atoms with Crippen LogP contribution in [-0.4, -0.2) is 11.7 Å². The molecule has 0 aromatic heterocycles. The maximum absolute atomic E-state index is 12.2. The van der Waals surface area contributed by atoms with Gasteiger partial charge >= 0.3 is 0 Å². The van der Waals surface area contributed by atoms with Crippen LogP contribution in [-0.2, 0) is 11.3 Å². The number of benzene rings is 2. The molecule has 1 aliphatic heterocycles. The predicted octanol–water partition coefficient (Wildman–Crippen LogP) is 3.80. The third-order valence-corrected chi connectivity index (χ3v) is 4.25. The normalized spacial score (nSPS) is 13.8. The highest BCUT2D eigenvalue weighted by atomic mass is 79.9. The molecule has 1 heterocycles. The third-order valence-electron chi connectivity index (χ3n) is 3.76. The summed E-state index contributed by atoms with van der Waals surface area (Å²) in [6.07, 6.45) is 0. The lowest BCUT2D eigenvalue weighted by Crippen LogP contribution is -2.29. The standard InChI is InChI=1S/C17H14BrNO2/c1-10-3-4-12(11(2)7-10)9-19-15-6-5-13(18)8-14(15)16(20)17(19)21/h3-8H,9H2,1-2H3. The Morgan fingerprint density at radius 1 is 1.05 bits per heavy atom. The molecule has 2 aromatic carbocycles. The van der Waals surface area contributed by atoms with Crippen molar-refractivity contribution in [1.82, 2.24) is 0 Å². The minimum atomic E-state index is -0.455. The van der Waals surface area contributed by atoms with Gasteiger partial charge in [-0.1, -0.05) is 39.7 Å². The van der Waals surface area contributed by atoms with Crippen LogP contribution >= 0.6 is 15.9 Å². The third kappa shape index (κ3) is 2.40. The van der Waals surface area contributed by atoms with Crippen LogP contribution in [0.15, 0.2) is 40.9 Å². The van der Waals surface area contributed by atoms with Gasteiger partial charge in [0.25, 0.3) is 11.7 Å². The van der Waals surface area contributed by atoms with E-state index in [0.29, 0.717) is 17.8 Å². The number of hydrogen-bond acceptors (Lipinski definition) is 2. The highest BCUT2D eigenvalue weighted by molar-refractivity contribution is 9.10.